The number of methoxy groups -OCH3 is 1. The molecule has 11 heteroatoms. The Balaban J connectivity index is 1.50. The SMILES string of the molecule is COC(=O)Cc1ccc2c(c1)NC(=O)[C@H](C)CCC[C@H](N1CCC(c3cc(Cl)ccc3OC(F)F)=CC1=O)c1cc-2ccn1. The highest BCUT2D eigenvalue weighted by molar-refractivity contribution is 6.30. The second-order valence-electron chi connectivity index (χ2n) is 10.9. The van der Waals surface area contributed by atoms with Gasteiger partial charge in [0.05, 0.1) is 25.3 Å². The van der Waals surface area contributed by atoms with Crippen molar-refractivity contribution in [1.29, 1.82) is 0 Å². The number of hydrogen-bond donors (Lipinski definition) is 1. The van der Waals surface area contributed by atoms with Crippen molar-refractivity contribution in [1.82, 2.24) is 9.88 Å². The maximum Gasteiger partial charge on any atom is 0.387 e. The van der Waals surface area contributed by atoms with E-state index in [0.29, 0.717) is 65.3 Å². The number of alkyl halides is 2. The summed E-state index contributed by atoms with van der Waals surface area (Å²) in [6.07, 6.45) is 5.39. The Morgan fingerprint density at radius 3 is 2.68 bits per heavy atom. The molecule has 3 aromatic rings. The van der Waals surface area contributed by atoms with Crippen molar-refractivity contribution in [3.05, 3.63) is 82.6 Å². The van der Waals surface area contributed by atoms with Gasteiger partial charge < -0.3 is 19.7 Å². The van der Waals surface area contributed by atoms with E-state index in [4.69, 9.17) is 21.1 Å². The average Bonchev–Trinajstić information content (AvgIpc) is 3.00. The predicted octanol–water partition coefficient (Wildman–Crippen LogP) is 6.83. The first-order valence-corrected chi connectivity index (χ1v) is 14.7. The van der Waals surface area contributed by atoms with Crippen molar-refractivity contribution in [2.75, 3.05) is 19.0 Å². The number of nitrogens with zero attached hydrogens (tertiary/aromatic N) is 2. The van der Waals surface area contributed by atoms with Gasteiger partial charge in [0.2, 0.25) is 11.8 Å². The number of amides is 2. The smallest absolute Gasteiger partial charge is 0.387 e. The second kappa shape index (κ2) is 13.5. The van der Waals surface area contributed by atoms with Gasteiger partial charge in [0.15, 0.2) is 0 Å². The van der Waals surface area contributed by atoms with Crippen molar-refractivity contribution in [2.45, 2.75) is 51.7 Å². The Morgan fingerprint density at radius 1 is 1.11 bits per heavy atom. The monoisotopic (exact) mass is 623 g/mol. The lowest BCUT2D eigenvalue weighted by Gasteiger charge is -2.35. The van der Waals surface area contributed by atoms with Gasteiger partial charge in [-0.1, -0.05) is 37.1 Å². The minimum Gasteiger partial charge on any atom is -0.469 e. The third kappa shape index (κ3) is 7.07. The molecule has 3 heterocycles. The van der Waals surface area contributed by atoms with Crippen LogP contribution in [0.3, 0.4) is 0 Å². The molecule has 5 rings (SSSR count). The zero-order valence-corrected chi connectivity index (χ0v) is 25.1. The Kier molecular flexibility index (Phi) is 9.58. The molecule has 8 nitrogen and oxygen atoms in total. The zero-order chi connectivity index (χ0) is 31.4. The van der Waals surface area contributed by atoms with Crippen LogP contribution in [0.15, 0.2) is 60.8 Å². The summed E-state index contributed by atoms with van der Waals surface area (Å²) in [5.41, 5.74) is 4.42. The third-order valence-electron chi connectivity index (χ3n) is 8.00. The molecular weight excluding hydrogens is 592 g/mol. The second-order valence-corrected chi connectivity index (χ2v) is 11.3. The summed E-state index contributed by atoms with van der Waals surface area (Å²) < 4.78 is 35.6. The molecule has 0 aliphatic carbocycles. The van der Waals surface area contributed by atoms with Crippen LogP contribution in [0.4, 0.5) is 14.5 Å². The predicted molar refractivity (Wildman–Crippen MR) is 162 cm³/mol. The van der Waals surface area contributed by atoms with Crippen LogP contribution in [0.25, 0.3) is 16.7 Å². The number of aromatic nitrogens is 1. The number of carbonyl (C=O) groups excluding carboxylic acids is 3. The van der Waals surface area contributed by atoms with Crippen LogP contribution in [0.5, 0.6) is 5.75 Å². The normalized spacial score (nSPS) is 18.9. The first-order chi connectivity index (χ1) is 21.1. The zero-order valence-electron chi connectivity index (χ0n) is 24.3. The standard InChI is InChI=1S/C33H32ClF2N3O5/c1-19-4-3-5-28(39-13-11-22(17-30(39)40)25-18-23(34)7-9-29(25)44-33(35)36)27-16-21(10-12-37-27)24-8-6-20(15-31(41)43-2)14-26(24)38-32(19)42/h6-10,12,14,16-19,28,33H,3-5,11,13,15H2,1-2H3,(H,38,42)/t19-,28+/m1/s1. The van der Waals surface area contributed by atoms with E-state index in [1.807, 2.05) is 31.2 Å². The fraction of sp³-hybridized carbons (Fsp3) is 0.333. The summed E-state index contributed by atoms with van der Waals surface area (Å²) in [4.78, 5) is 45.1. The molecule has 0 spiro atoms. The van der Waals surface area contributed by atoms with Gasteiger partial charge in [-0.25, -0.2) is 0 Å². The maximum absolute atomic E-state index is 13.6. The van der Waals surface area contributed by atoms with E-state index in [0.717, 1.165) is 11.1 Å². The number of carbonyl (C=O) groups is 3. The highest BCUT2D eigenvalue weighted by Crippen LogP contribution is 2.38. The molecule has 2 aliphatic heterocycles. The lowest BCUT2D eigenvalue weighted by molar-refractivity contribution is -0.139. The van der Waals surface area contributed by atoms with E-state index >= 15 is 0 Å². The number of ether oxygens (including phenoxy) is 2. The van der Waals surface area contributed by atoms with E-state index in [1.165, 1.54) is 31.4 Å². The molecule has 2 amide bonds. The molecule has 230 valence electrons. The van der Waals surface area contributed by atoms with Gasteiger partial charge in [-0.05, 0) is 72.4 Å². The van der Waals surface area contributed by atoms with E-state index in [2.05, 4.69) is 10.3 Å². The molecule has 2 bridgehead atoms. The number of halogens is 3. The minimum absolute atomic E-state index is 0.0436. The molecule has 0 saturated heterocycles. The summed E-state index contributed by atoms with van der Waals surface area (Å²) in [7, 11) is 1.33. The Hall–Kier alpha value is -4.31. The summed E-state index contributed by atoms with van der Waals surface area (Å²) in [6.45, 7) is -0.836. The first-order valence-electron chi connectivity index (χ1n) is 14.4. The number of nitrogens with one attached hydrogen (secondary N) is 1. The van der Waals surface area contributed by atoms with E-state index in [-0.39, 0.29) is 41.9 Å². The van der Waals surface area contributed by atoms with Crippen molar-refractivity contribution < 1.29 is 32.6 Å². The summed E-state index contributed by atoms with van der Waals surface area (Å²) >= 11 is 6.16. The van der Waals surface area contributed by atoms with E-state index in [9.17, 15) is 23.2 Å². The molecule has 44 heavy (non-hydrogen) atoms. The van der Waals surface area contributed by atoms with E-state index in [1.54, 1.807) is 17.2 Å². The largest absolute Gasteiger partial charge is 0.469 e. The number of pyridine rings is 1. The van der Waals surface area contributed by atoms with Gasteiger partial charge >= 0.3 is 12.6 Å². The Labute approximate surface area is 259 Å². The lowest BCUT2D eigenvalue weighted by atomic mass is 9.92. The van der Waals surface area contributed by atoms with Crippen LogP contribution >= 0.6 is 11.6 Å². The molecule has 2 aromatic carbocycles. The number of hydrogen-bond acceptors (Lipinski definition) is 6. The summed E-state index contributed by atoms with van der Waals surface area (Å²) in [6, 6.07) is 13.2. The molecule has 0 fully saturated rings. The lowest BCUT2D eigenvalue weighted by Crippen LogP contribution is -2.38. The third-order valence-corrected chi connectivity index (χ3v) is 8.23. The molecule has 0 saturated carbocycles. The number of esters is 1. The molecule has 1 aromatic heterocycles. The van der Waals surface area contributed by atoms with Crippen LogP contribution in [0.1, 0.15) is 55.5 Å². The molecule has 0 unspecified atom stereocenters. The minimum atomic E-state index is -3.02. The van der Waals surface area contributed by atoms with Crippen LogP contribution in [-0.4, -0.2) is 47.9 Å². The number of rotatable bonds is 6. The topological polar surface area (TPSA) is 97.8 Å². The van der Waals surface area contributed by atoms with Gasteiger partial charge in [-0.2, -0.15) is 8.78 Å². The average molecular weight is 624 g/mol. The molecule has 0 radical (unpaired) electrons. The van der Waals surface area contributed by atoms with Crippen molar-refractivity contribution in [3.8, 4) is 16.9 Å². The number of fused-ring (bicyclic) bond motifs is 4. The highest BCUT2D eigenvalue weighted by Gasteiger charge is 2.31. The van der Waals surface area contributed by atoms with Crippen LogP contribution in [0, 0.1) is 5.92 Å². The molecule has 1 N–H and O–H groups in total. The summed E-state index contributed by atoms with van der Waals surface area (Å²) in [5.74, 6) is -1.16. The van der Waals surface area contributed by atoms with Gasteiger partial charge in [0.1, 0.15) is 5.75 Å². The Bertz CT molecular complexity index is 1610. The highest BCUT2D eigenvalue weighted by atomic mass is 35.5. The summed E-state index contributed by atoms with van der Waals surface area (Å²) in [5, 5.41) is 3.38. The molecule has 2 atom stereocenters. The number of anilines is 1. The van der Waals surface area contributed by atoms with Crippen molar-refractivity contribution in [2.24, 2.45) is 5.92 Å². The first kappa shape index (κ1) is 31.1. The van der Waals surface area contributed by atoms with Crippen LogP contribution in [-0.2, 0) is 25.5 Å². The van der Waals surface area contributed by atoms with E-state index < -0.39 is 6.61 Å². The maximum atomic E-state index is 13.6. The number of benzene rings is 2. The van der Waals surface area contributed by atoms with Gasteiger partial charge in [0.25, 0.3) is 0 Å². The fourth-order valence-corrected chi connectivity index (χ4v) is 5.86. The van der Waals surface area contributed by atoms with Crippen molar-refractivity contribution in [3.63, 3.8) is 0 Å². The van der Waals surface area contributed by atoms with Crippen LogP contribution in [0.2, 0.25) is 5.02 Å². The van der Waals surface area contributed by atoms with Crippen LogP contribution < -0.4 is 10.1 Å². The van der Waals surface area contributed by atoms with Gasteiger partial charge in [0, 0.05) is 46.6 Å². The van der Waals surface area contributed by atoms with Gasteiger partial charge in [-0.15, -0.1) is 0 Å². The van der Waals surface area contributed by atoms with Gasteiger partial charge in [-0.3, -0.25) is 19.4 Å². The molecular formula is C33H32ClF2N3O5. The quantitative estimate of drug-likeness (QED) is 0.302. The fourth-order valence-electron chi connectivity index (χ4n) is 5.69. The van der Waals surface area contributed by atoms with Crippen molar-refractivity contribution >= 4 is 40.6 Å². The Morgan fingerprint density at radius 2 is 1.93 bits per heavy atom. The molecule has 2 aliphatic rings.